The van der Waals surface area contributed by atoms with Crippen LogP contribution in [0.4, 0.5) is 19.0 Å². The normalized spacial score (nSPS) is 11.2. The van der Waals surface area contributed by atoms with Crippen molar-refractivity contribution in [1.82, 2.24) is 9.97 Å². The minimum Gasteiger partial charge on any atom is -0.472 e. The monoisotopic (exact) mass is 297 g/mol. The number of hydrogen-bond acceptors (Lipinski definition) is 5. The first-order chi connectivity index (χ1) is 9.91. The molecule has 0 bridgehead atoms. The second-order valence-corrected chi connectivity index (χ2v) is 4.08. The van der Waals surface area contributed by atoms with Crippen molar-refractivity contribution in [2.75, 3.05) is 5.73 Å². The lowest BCUT2D eigenvalue weighted by molar-refractivity contribution is -0.137. The Bertz CT molecular complexity index is 659. The van der Waals surface area contributed by atoms with Gasteiger partial charge in [-0.1, -0.05) is 12.1 Å². The van der Waals surface area contributed by atoms with Crippen molar-refractivity contribution in [1.29, 1.82) is 0 Å². The highest BCUT2D eigenvalue weighted by Gasteiger charge is 2.30. The number of alkyl halides is 3. The van der Waals surface area contributed by atoms with Crippen molar-refractivity contribution < 1.29 is 22.7 Å². The van der Waals surface area contributed by atoms with Gasteiger partial charge in [0.25, 0.3) is 0 Å². The van der Waals surface area contributed by atoms with Crippen molar-refractivity contribution in [3.05, 3.63) is 47.3 Å². The summed E-state index contributed by atoms with van der Waals surface area (Å²) in [6, 6.07) is 4.67. The lowest BCUT2D eigenvalue weighted by atomic mass is 10.1. The molecule has 0 radical (unpaired) electrons. The fourth-order valence-electron chi connectivity index (χ4n) is 1.61. The lowest BCUT2D eigenvalue weighted by Crippen LogP contribution is -2.07. The first-order valence-corrected chi connectivity index (χ1v) is 5.76. The third-order valence-corrected chi connectivity index (χ3v) is 2.63. The average Bonchev–Trinajstić information content (AvgIpc) is 2.44. The Morgan fingerprint density at radius 1 is 1.29 bits per heavy atom. The van der Waals surface area contributed by atoms with Crippen molar-refractivity contribution in [3.8, 4) is 5.88 Å². The van der Waals surface area contributed by atoms with E-state index in [0.717, 1.165) is 18.5 Å². The smallest absolute Gasteiger partial charge is 0.416 e. The molecule has 0 aliphatic carbocycles. The maximum atomic E-state index is 12.6. The summed E-state index contributed by atoms with van der Waals surface area (Å²) in [5, 5.41) is 0. The van der Waals surface area contributed by atoms with Gasteiger partial charge in [0.1, 0.15) is 24.3 Å². The van der Waals surface area contributed by atoms with Gasteiger partial charge in [-0.2, -0.15) is 13.2 Å². The molecule has 110 valence electrons. The molecule has 2 N–H and O–H groups in total. The molecule has 21 heavy (non-hydrogen) atoms. The zero-order chi connectivity index (χ0) is 15.5. The summed E-state index contributed by atoms with van der Waals surface area (Å²) in [6.45, 7) is -0.179. The van der Waals surface area contributed by atoms with E-state index < -0.39 is 11.7 Å². The van der Waals surface area contributed by atoms with Crippen molar-refractivity contribution in [3.63, 3.8) is 0 Å². The molecule has 5 nitrogen and oxygen atoms in total. The predicted octanol–water partition coefficient (Wildman–Crippen LogP) is 2.47. The molecular weight excluding hydrogens is 287 g/mol. The van der Waals surface area contributed by atoms with Gasteiger partial charge in [0, 0.05) is 0 Å². The zero-order valence-corrected chi connectivity index (χ0v) is 10.6. The van der Waals surface area contributed by atoms with Crippen molar-refractivity contribution in [2.45, 2.75) is 12.8 Å². The van der Waals surface area contributed by atoms with Gasteiger partial charge < -0.3 is 10.5 Å². The first kappa shape index (κ1) is 14.8. The highest BCUT2D eigenvalue weighted by molar-refractivity contribution is 5.84. The number of ether oxygens (including phenoxy) is 1. The topological polar surface area (TPSA) is 78.1 Å². The van der Waals surface area contributed by atoms with Crippen LogP contribution in [0.25, 0.3) is 0 Å². The number of benzene rings is 1. The van der Waals surface area contributed by atoms with Crippen LogP contribution in [0.1, 0.15) is 21.5 Å². The van der Waals surface area contributed by atoms with Gasteiger partial charge in [-0.3, -0.25) is 4.79 Å². The molecule has 0 fully saturated rings. The third-order valence-electron chi connectivity index (χ3n) is 2.63. The number of anilines is 1. The number of carbonyl (C=O) groups excluding carboxylic acids is 1. The highest BCUT2D eigenvalue weighted by Crippen LogP contribution is 2.29. The van der Waals surface area contributed by atoms with Crippen LogP contribution in [0, 0.1) is 0 Å². The SMILES string of the molecule is Nc1ncnc(OCc2cccc(C(F)(F)F)c2)c1C=O. The predicted molar refractivity (Wildman–Crippen MR) is 67.6 cm³/mol. The Morgan fingerprint density at radius 2 is 2.05 bits per heavy atom. The summed E-state index contributed by atoms with van der Waals surface area (Å²) in [7, 11) is 0. The molecule has 0 aliphatic rings. The second kappa shape index (κ2) is 5.78. The number of aromatic nitrogens is 2. The van der Waals surface area contributed by atoms with Gasteiger partial charge in [-0.25, -0.2) is 9.97 Å². The fourth-order valence-corrected chi connectivity index (χ4v) is 1.61. The zero-order valence-electron chi connectivity index (χ0n) is 10.6. The van der Waals surface area contributed by atoms with E-state index in [1.54, 1.807) is 0 Å². The maximum Gasteiger partial charge on any atom is 0.416 e. The van der Waals surface area contributed by atoms with Crippen LogP contribution < -0.4 is 10.5 Å². The third kappa shape index (κ3) is 3.47. The number of nitrogens with two attached hydrogens (primary N) is 1. The Morgan fingerprint density at radius 3 is 2.71 bits per heavy atom. The minimum atomic E-state index is -4.43. The Labute approximate surface area is 117 Å². The number of aldehydes is 1. The molecule has 0 amide bonds. The number of nitrogens with zero attached hydrogens (tertiary/aromatic N) is 2. The van der Waals surface area contributed by atoms with E-state index in [1.807, 2.05) is 0 Å². The first-order valence-electron chi connectivity index (χ1n) is 5.76. The molecule has 2 rings (SSSR count). The minimum absolute atomic E-state index is 0.0375. The quantitative estimate of drug-likeness (QED) is 0.877. The standard InChI is InChI=1S/C13H10F3N3O2/c14-13(15,16)9-3-1-2-8(4-9)6-21-12-10(5-20)11(17)18-7-19-12/h1-5,7H,6H2,(H2,17,18,19). The number of halogens is 3. The summed E-state index contributed by atoms with van der Waals surface area (Å²) in [5.74, 6) is -0.131. The fraction of sp³-hybridized carbons (Fsp3) is 0.154. The van der Waals surface area contributed by atoms with Gasteiger partial charge in [0.15, 0.2) is 6.29 Å². The molecule has 0 atom stereocenters. The molecule has 0 saturated heterocycles. The van der Waals surface area contributed by atoms with E-state index >= 15 is 0 Å². The molecule has 0 aliphatic heterocycles. The van der Waals surface area contributed by atoms with E-state index in [9.17, 15) is 18.0 Å². The van der Waals surface area contributed by atoms with Crippen molar-refractivity contribution >= 4 is 12.1 Å². The van der Waals surface area contributed by atoms with E-state index in [4.69, 9.17) is 10.5 Å². The van der Waals surface area contributed by atoms with E-state index in [-0.39, 0.29) is 23.9 Å². The summed E-state index contributed by atoms with van der Waals surface area (Å²) < 4.78 is 43.0. The molecule has 2 aromatic rings. The Hall–Kier alpha value is -2.64. The molecule has 0 spiro atoms. The number of carbonyl (C=O) groups is 1. The summed E-state index contributed by atoms with van der Waals surface area (Å²) in [6.07, 6.45) is -2.90. The van der Waals surface area contributed by atoms with E-state index in [2.05, 4.69) is 9.97 Å². The highest BCUT2D eigenvalue weighted by atomic mass is 19.4. The Balaban J connectivity index is 2.18. The number of rotatable bonds is 4. The Kier molecular flexibility index (Phi) is 4.06. The molecular formula is C13H10F3N3O2. The molecule has 1 heterocycles. The number of hydrogen-bond donors (Lipinski definition) is 1. The van der Waals surface area contributed by atoms with Crippen LogP contribution in [-0.2, 0) is 12.8 Å². The van der Waals surface area contributed by atoms with Crippen LogP contribution in [-0.4, -0.2) is 16.3 Å². The van der Waals surface area contributed by atoms with Crippen LogP contribution in [0.2, 0.25) is 0 Å². The molecule has 1 aromatic carbocycles. The van der Waals surface area contributed by atoms with Crippen LogP contribution in [0.15, 0.2) is 30.6 Å². The average molecular weight is 297 g/mol. The van der Waals surface area contributed by atoms with Crippen LogP contribution in [0.3, 0.4) is 0 Å². The van der Waals surface area contributed by atoms with Gasteiger partial charge in [-0.15, -0.1) is 0 Å². The van der Waals surface area contributed by atoms with E-state index in [1.165, 1.54) is 12.1 Å². The lowest BCUT2D eigenvalue weighted by Gasteiger charge is -2.10. The van der Waals surface area contributed by atoms with Gasteiger partial charge in [-0.05, 0) is 17.7 Å². The van der Waals surface area contributed by atoms with Gasteiger partial charge in [0.05, 0.1) is 5.56 Å². The molecule has 1 aromatic heterocycles. The number of nitrogen functional groups attached to an aromatic ring is 1. The summed E-state index contributed by atoms with van der Waals surface area (Å²) in [5.41, 5.74) is 4.95. The largest absolute Gasteiger partial charge is 0.472 e. The molecule has 0 unspecified atom stereocenters. The summed E-state index contributed by atoms with van der Waals surface area (Å²) >= 11 is 0. The molecule has 0 saturated carbocycles. The van der Waals surface area contributed by atoms with Gasteiger partial charge in [0.2, 0.25) is 5.88 Å². The van der Waals surface area contributed by atoms with Crippen molar-refractivity contribution in [2.24, 2.45) is 0 Å². The van der Waals surface area contributed by atoms with E-state index in [0.29, 0.717) is 11.8 Å². The second-order valence-electron chi connectivity index (χ2n) is 4.08. The van der Waals surface area contributed by atoms with Crippen LogP contribution >= 0.6 is 0 Å². The summed E-state index contributed by atoms with van der Waals surface area (Å²) in [4.78, 5) is 18.2. The van der Waals surface area contributed by atoms with Gasteiger partial charge >= 0.3 is 6.18 Å². The molecule has 8 heteroatoms. The maximum absolute atomic E-state index is 12.6. The van der Waals surface area contributed by atoms with Crippen LogP contribution in [0.5, 0.6) is 5.88 Å².